The van der Waals surface area contributed by atoms with Gasteiger partial charge in [0.05, 0.1) is 7.11 Å². The molecule has 1 aromatic carbocycles. The molecule has 1 aliphatic rings. The van der Waals surface area contributed by atoms with Gasteiger partial charge in [0.1, 0.15) is 11.6 Å². The largest absolute Gasteiger partial charge is 0.468 e. The van der Waals surface area contributed by atoms with Crippen molar-refractivity contribution in [1.82, 2.24) is 10.2 Å². The summed E-state index contributed by atoms with van der Waals surface area (Å²) in [5.74, 6) is -0.305. The zero-order valence-electron chi connectivity index (χ0n) is 15.5. The molecule has 1 amide bonds. The summed E-state index contributed by atoms with van der Waals surface area (Å²) in [4.78, 5) is 26.0. The number of esters is 1. The van der Waals surface area contributed by atoms with Crippen molar-refractivity contribution in [2.45, 2.75) is 51.3 Å². The minimum absolute atomic E-state index is 0.142. The molecule has 1 N–H and O–H groups in total. The van der Waals surface area contributed by atoms with Gasteiger partial charge in [-0.25, -0.2) is 9.59 Å². The van der Waals surface area contributed by atoms with Crippen LogP contribution >= 0.6 is 0 Å². The number of hydrogen-bond donors (Lipinski definition) is 1. The van der Waals surface area contributed by atoms with E-state index in [1.807, 2.05) is 51.1 Å². The number of methoxy groups -OCH3 is 1. The average Bonchev–Trinajstić information content (AvgIpc) is 2.59. The summed E-state index contributed by atoms with van der Waals surface area (Å²) in [6.07, 6.45) is 1.25. The van der Waals surface area contributed by atoms with Crippen LogP contribution in [0.4, 0.5) is 4.79 Å². The van der Waals surface area contributed by atoms with Crippen molar-refractivity contribution in [2.24, 2.45) is 0 Å². The van der Waals surface area contributed by atoms with Crippen molar-refractivity contribution in [3.8, 4) is 0 Å². The molecule has 0 aliphatic carbocycles. The topological polar surface area (TPSA) is 67.9 Å². The van der Waals surface area contributed by atoms with Gasteiger partial charge >= 0.3 is 12.1 Å². The zero-order valence-corrected chi connectivity index (χ0v) is 15.5. The molecule has 0 radical (unpaired) electrons. The lowest BCUT2D eigenvalue weighted by atomic mass is 10.0. The lowest BCUT2D eigenvalue weighted by Crippen LogP contribution is -2.48. The van der Waals surface area contributed by atoms with Gasteiger partial charge in [-0.3, -0.25) is 5.32 Å². The number of benzene rings is 1. The van der Waals surface area contributed by atoms with E-state index in [1.54, 1.807) is 4.90 Å². The first kappa shape index (κ1) is 19.2. The second-order valence-electron chi connectivity index (χ2n) is 7.28. The molecule has 0 saturated carbocycles. The zero-order chi connectivity index (χ0) is 18.4. The van der Waals surface area contributed by atoms with Crippen molar-refractivity contribution in [3.05, 3.63) is 35.9 Å². The Labute approximate surface area is 149 Å². The molecule has 1 saturated heterocycles. The van der Waals surface area contributed by atoms with Crippen LogP contribution in [0.15, 0.2) is 30.3 Å². The number of likely N-dealkylation sites (tertiary alicyclic amines) is 1. The van der Waals surface area contributed by atoms with Crippen molar-refractivity contribution >= 4 is 12.1 Å². The maximum Gasteiger partial charge on any atom is 0.410 e. The van der Waals surface area contributed by atoms with Gasteiger partial charge in [-0.2, -0.15) is 0 Å². The maximum atomic E-state index is 12.1. The maximum absolute atomic E-state index is 12.1. The first-order valence-electron chi connectivity index (χ1n) is 8.67. The van der Waals surface area contributed by atoms with Gasteiger partial charge < -0.3 is 14.4 Å². The quantitative estimate of drug-likeness (QED) is 0.848. The molecule has 1 atom stereocenters. The number of nitrogens with zero attached hydrogens (tertiary/aromatic N) is 1. The fraction of sp³-hybridized carbons (Fsp3) is 0.579. The van der Waals surface area contributed by atoms with Crippen LogP contribution < -0.4 is 5.32 Å². The van der Waals surface area contributed by atoms with Gasteiger partial charge in [-0.05, 0) is 39.2 Å². The summed E-state index contributed by atoms with van der Waals surface area (Å²) in [6.45, 7) is 6.80. The lowest BCUT2D eigenvalue weighted by Gasteiger charge is -2.35. The highest BCUT2D eigenvalue weighted by molar-refractivity contribution is 5.77. The van der Waals surface area contributed by atoms with Crippen LogP contribution in [-0.4, -0.2) is 48.8 Å². The summed E-state index contributed by atoms with van der Waals surface area (Å²) in [6, 6.07) is 9.18. The standard InChI is InChI=1S/C19H28N2O4/c1-19(2,3)25-18(23)21-12-10-15(11-13-21)20-16(17(22)24-4)14-8-6-5-7-9-14/h5-9,15-16,20H,10-13H2,1-4H3/t16-/m0/s1. The molecule has 0 bridgehead atoms. The molecule has 25 heavy (non-hydrogen) atoms. The third-order valence-electron chi connectivity index (χ3n) is 4.12. The normalized spacial score (nSPS) is 17.0. The number of hydrogen-bond acceptors (Lipinski definition) is 5. The van der Waals surface area contributed by atoms with E-state index in [0.29, 0.717) is 13.1 Å². The molecular formula is C19H28N2O4. The number of rotatable bonds is 4. The van der Waals surface area contributed by atoms with E-state index >= 15 is 0 Å². The van der Waals surface area contributed by atoms with E-state index in [2.05, 4.69) is 5.32 Å². The molecule has 6 heteroatoms. The highest BCUT2D eigenvalue weighted by atomic mass is 16.6. The van der Waals surface area contributed by atoms with Gasteiger partial charge in [0, 0.05) is 19.1 Å². The van der Waals surface area contributed by atoms with E-state index in [4.69, 9.17) is 9.47 Å². The molecule has 0 spiro atoms. The molecule has 6 nitrogen and oxygen atoms in total. The van der Waals surface area contributed by atoms with Crippen LogP contribution in [0, 0.1) is 0 Å². The molecule has 1 aromatic rings. The summed E-state index contributed by atoms with van der Waals surface area (Å²) < 4.78 is 10.3. The third kappa shape index (κ3) is 5.74. The van der Waals surface area contributed by atoms with Crippen molar-refractivity contribution < 1.29 is 19.1 Å². The van der Waals surface area contributed by atoms with Crippen molar-refractivity contribution in [3.63, 3.8) is 0 Å². The van der Waals surface area contributed by atoms with Crippen LogP contribution in [-0.2, 0) is 14.3 Å². The molecule has 0 unspecified atom stereocenters. The van der Waals surface area contributed by atoms with Crippen LogP contribution in [0.3, 0.4) is 0 Å². The highest BCUT2D eigenvalue weighted by Crippen LogP contribution is 2.20. The summed E-state index contributed by atoms with van der Waals surface area (Å²) in [5.41, 5.74) is 0.388. The Bertz CT molecular complexity index is 575. The van der Waals surface area contributed by atoms with E-state index in [1.165, 1.54) is 7.11 Å². The SMILES string of the molecule is COC(=O)[C@@H](NC1CCN(C(=O)OC(C)(C)C)CC1)c1ccccc1. The first-order chi connectivity index (χ1) is 11.8. The Morgan fingerprint density at radius 1 is 1.16 bits per heavy atom. The first-order valence-corrected chi connectivity index (χ1v) is 8.67. The third-order valence-corrected chi connectivity index (χ3v) is 4.12. The highest BCUT2D eigenvalue weighted by Gasteiger charge is 2.30. The Morgan fingerprint density at radius 3 is 2.28 bits per heavy atom. The van der Waals surface area contributed by atoms with E-state index in [-0.39, 0.29) is 18.1 Å². The van der Waals surface area contributed by atoms with Gasteiger partial charge in [0.2, 0.25) is 0 Å². The Kier molecular flexibility index (Phi) is 6.42. The molecule has 1 fully saturated rings. The monoisotopic (exact) mass is 348 g/mol. The summed E-state index contributed by atoms with van der Waals surface area (Å²) in [7, 11) is 1.39. The number of ether oxygens (including phenoxy) is 2. The average molecular weight is 348 g/mol. The number of carbonyl (C=O) groups excluding carboxylic acids is 2. The smallest absolute Gasteiger partial charge is 0.410 e. The lowest BCUT2D eigenvalue weighted by molar-refractivity contribution is -0.143. The molecular weight excluding hydrogens is 320 g/mol. The minimum atomic E-state index is -0.496. The summed E-state index contributed by atoms with van der Waals surface area (Å²) >= 11 is 0. The van der Waals surface area contributed by atoms with Crippen LogP contribution in [0.1, 0.15) is 45.2 Å². The molecule has 2 rings (SSSR count). The van der Waals surface area contributed by atoms with Gasteiger partial charge in [0.25, 0.3) is 0 Å². The Morgan fingerprint density at radius 2 is 1.76 bits per heavy atom. The van der Waals surface area contributed by atoms with E-state index < -0.39 is 11.6 Å². The number of piperidine rings is 1. The summed E-state index contributed by atoms with van der Waals surface area (Å²) in [5, 5.41) is 3.38. The predicted octanol–water partition coefficient (Wildman–Crippen LogP) is 2.89. The van der Waals surface area contributed by atoms with Crippen LogP contribution in [0.25, 0.3) is 0 Å². The number of nitrogens with one attached hydrogen (secondary N) is 1. The molecule has 1 aliphatic heterocycles. The predicted molar refractivity (Wildman–Crippen MR) is 95.2 cm³/mol. The van der Waals surface area contributed by atoms with Gasteiger partial charge in [-0.15, -0.1) is 0 Å². The Balaban J connectivity index is 1.93. The fourth-order valence-corrected chi connectivity index (χ4v) is 2.85. The second kappa shape index (κ2) is 8.34. The fourth-order valence-electron chi connectivity index (χ4n) is 2.85. The van der Waals surface area contributed by atoms with E-state index in [0.717, 1.165) is 18.4 Å². The number of amides is 1. The molecule has 1 heterocycles. The van der Waals surface area contributed by atoms with Crippen molar-refractivity contribution in [2.75, 3.05) is 20.2 Å². The van der Waals surface area contributed by atoms with Gasteiger partial charge in [0.15, 0.2) is 0 Å². The van der Waals surface area contributed by atoms with Gasteiger partial charge in [-0.1, -0.05) is 30.3 Å². The molecule has 0 aromatic heterocycles. The minimum Gasteiger partial charge on any atom is -0.468 e. The second-order valence-corrected chi connectivity index (χ2v) is 7.28. The van der Waals surface area contributed by atoms with Crippen LogP contribution in [0.2, 0.25) is 0 Å². The number of carbonyl (C=O) groups is 2. The van der Waals surface area contributed by atoms with Crippen molar-refractivity contribution in [1.29, 1.82) is 0 Å². The van der Waals surface area contributed by atoms with E-state index in [9.17, 15) is 9.59 Å². The molecule has 138 valence electrons. The Hall–Kier alpha value is -2.08. The van der Waals surface area contributed by atoms with Crippen LogP contribution in [0.5, 0.6) is 0 Å².